The first-order chi connectivity index (χ1) is 26.6. The van der Waals surface area contributed by atoms with Gasteiger partial charge in [0.2, 0.25) is 0 Å². The van der Waals surface area contributed by atoms with Gasteiger partial charge in [-0.1, -0.05) is 79.1 Å². The average Bonchev–Trinajstić information content (AvgIpc) is 3.19. The second kappa shape index (κ2) is 24.7. The van der Waals surface area contributed by atoms with E-state index in [1.165, 1.54) is 0 Å². The third-order valence-corrected chi connectivity index (χ3v) is 9.76. The summed E-state index contributed by atoms with van der Waals surface area (Å²) in [5, 5.41) is 25.0. The van der Waals surface area contributed by atoms with Gasteiger partial charge in [-0.2, -0.15) is 0 Å². The molecule has 0 aliphatic rings. The molecule has 0 atom stereocenters. The monoisotopic (exact) mass is 748 g/mol. The Kier molecular flexibility index (Phi) is 19.7. The van der Waals surface area contributed by atoms with E-state index in [-0.39, 0.29) is 13.2 Å². The summed E-state index contributed by atoms with van der Waals surface area (Å²) in [6, 6.07) is 12.8. The molecule has 0 radical (unpaired) electrons. The zero-order valence-electron chi connectivity index (χ0n) is 33.8. The zero-order valence-corrected chi connectivity index (χ0v) is 33.8. The molecule has 8 nitrogen and oxygen atoms in total. The van der Waals surface area contributed by atoms with Crippen LogP contribution in [-0.4, -0.2) is 63.1 Å². The summed E-state index contributed by atoms with van der Waals surface area (Å²) in [5.74, 6) is 4.31. The summed E-state index contributed by atoms with van der Waals surface area (Å²) in [5.41, 5.74) is 0. The Morgan fingerprint density at radius 3 is 0.648 bits per heavy atom. The van der Waals surface area contributed by atoms with E-state index in [0.29, 0.717) is 75.5 Å². The molecule has 0 amide bonds. The van der Waals surface area contributed by atoms with Crippen LogP contribution < -0.4 is 28.4 Å². The first kappa shape index (κ1) is 43.1. The Morgan fingerprint density at radius 2 is 0.481 bits per heavy atom. The van der Waals surface area contributed by atoms with E-state index in [0.717, 1.165) is 134 Å². The van der Waals surface area contributed by atoms with Crippen LogP contribution in [-0.2, 0) is 0 Å². The smallest absolute Gasteiger partial charge is 0.161 e. The molecule has 0 saturated heterocycles. The number of rotatable bonds is 30. The van der Waals surface area contributed by atoms with Gasteiger partial charge in [-0.25, -0.2) is 0 Å². The van der Waals surface area contributed by atoms with Crippen LogP contribution in [0, 0.1) is 0 Å². The maximum atomic E-state index is 9.43. The van der Waals surface area contributed by atoms with Gasteiger partial charge in [0.05, 0.1) is 39.6 Å². The highest BCUT2D eigenvalue weighted by atomic mass is 16.5. The molecular formula is C46H68O8. The van der Waals surface area contributed by atoms with Crippen molar-refractivity contribution in [2.45, 2.75) is 130 Å². The summed E-state index contributed by atoms with van der Waals surface area (Å²) >= 11 is 0. The Bertz CT molecular complexity index is 1320. The molecule has 0 aromatic heterocycles. The second-order valence-corrected chi connectivity index (χ2v) is 14.3. The molecule has 8 heteroatoms. The van der Waals surface area contributed by atoms with Crippen molar-refractivity contribution in [1.82, 2.24) is 0 Å². The van der Waals surface area contributed by atoms with Crippen molar-refractivity contribution in [2.75, 3.05) is 52.9 Å². The van der Waals surface area contributed by atoms with Crippen LogP contribution in [0.1, 0.15) is 130 Å². The van der Waals surface area contributed by atoms with Crippen LogP contribution in [0.2, 0.25) is 0 Å². The van der Waals surface area contributed by atoms with E-state index in [2.05, 4.69) is 64.1 Å². The van der Waals surface area contributed by atoms with Crippen molar-refractivity contribution in [1.29, 1.82) is 0 Å². The van der Waals surface area contributed by atoms with Crippen LogP contribution in [0.5, 0.6) is 34.5 Å². The van der Waals surface area contributed by atoms with Gasteiger partial charge < -0.3 is 38.6 Å². The fourth-order valence-electron chi connectivity index (χ4n) is 6.62. The predicted molar refractivity (Wildman–Crippen MR) is 223 cm³/mol. The normalized spacial score (nSPS) is 11.4. The standard InChI is InChI=1S/C46H68O8/c1-5-9-15-23-49-41-29-35-36(30-42(41)50-24-16-10-6-2)40-34-46(54-28-20-14-22-48)44(52-26-18-12-8-4)32-38(40)37-31-43(51-25-17-11-7-3)45(33-39(35)37)53-27-19-13-21-47/h29-34,47-48H,5-28H2,1-4H3. The van der Waals surface area contributed by atoms with E-state index in [4.69, 9.17) is 28.4 Å². The lowest BCUT2D eigenvalue weighted by Gasteiger charge is -2.20. The first-order valence-corrected chi connectivity index (χ1v) is 21.1. The number of aliphatic hydroxyl groups excluding tert-OH is 2. The molecule has 0 saturated carbocycles. The highest BCUT2D eigenvalue weighted by molar-refractivity contribution is 6.26. The van der Waals surface area contributed by atoms with Gasteiger partial charge in [0, 0.05) is 13.2 Å². The highest BCUT2D eigenvalue weighted by Gasteiger charge is 2.20. The quantitative estimate of drug-likeness (QED) is 0.0402. The third-order valence-electron chi connectivity index (χ3n) is 9.76. The van der Waals surface area contributed by atoms with Gasteiger partial charge in [0.1, 0.15) is 0 Å². The summed E-state index contributed by atoms with van der Waals surface area (Å²) in [6.07, 6.45) is 15.6. The Labute approximate surface area is 324 Å². The molecule has 4 aromatic carbocycles. The minimum atomic E-state index is 0.137. The minimum Gasteiger partial charge on any atom is -0.490 e. The largest absolute Gasteiger partial charge is 0.490 e. The molecule has 2 N–H and O–H groups in total. The lowest BCUT2D eigenvalue weighted by molar-refractivity contribution is 0.239. The van der Waals surface area contributed by atoms with E-state index in [1.807, 2.05) is 0 Å². The highest BCUT2D eigenvalue weighted by Crippen LogP contribution is 2.47. The molecule has 0 heterocycles. The molecule has 4 aromatic rings. The van der Waals surface area contributed by atoms with Crippen LogP contribution in [0.3, 0.4) is 0 Å². The SMILES string of the molecule is CCCCCOc1cc2c(cc1OCCCCC)c1cc(OCCCCO)c(OCCCCC)cc1c1cc(OCCCCC)c(OCCCCO)cc21. The number of fused-ring (bicyclic) bond motifs is 6. The molecular weight excluding hydrogens is 680 g/mol. The predicted octanol–water partition coefficient (Wildman–Crippen LogP) is 11.7. The number of unbranched alkanes of at least 4 members (excludes halogenated alkanes) is 10. The molecule has 0 unspecified atom stereocenters. The van der Waals surface area contributed by atoms with Gasteiger partial charge in [-0.3, -0.25) is 0 Å². The topological polar surface area (TPSA) is 95.8 Å². The van der Waals surface area contributed by atoms with E-state index < -0.39 is 0 Å². The van der Waals surface area contributed by atoms with Crippen molar-refractivity contribution in [3.05, 3.63) is 36.4 Å². The van der Waals surface area contributed by atoms with Gasteiger partial charge in [-0.15, -0.1) is 0 Å². The van der Waals surface area contributed by atoms with Crippen molar-refractivity contribution in [3.63, 3.8) is 0 Å². The number of hydrogen-bond acceptors (Lipinski definition) is 8. The Balaban J connectivity index is 2.00. The van der Waals surface area contributed by atoms with Crippen molar-refractivity contribution < 1.29 is 38.6 Å². The van der Waals surface area contributed by atoms with Gasteiger partial charge in [0.25, 0.3) is 0 Å². The fraction of sp³-hybridized carbons (Fsp3) is 0.609. The van der Waals surface area contributed by atoms with Gasteiger partial charge in [-0.05, 0) is 120 Å². The van der Waals surface area contributed by atoms with Crippen LogP contribution in [0.4, 0.5) is 0 Å². The first-order valence-electron chi connectivity index (χ1n) is 21.1. The molecule has 0 aliphatic carbocycles. The average molecular weight is 749 g/mol. The molecule has 300 valence electrons. The third kappa shape index (κ3) is 12.7. The molecule has 0 bridgehead atoms. The van der Waals surface area contributed by atoms with Crippen LogP contribution in [0.25, 0.3) is 32.3 Å². The fourth-order valence-corrected chi connectivity index (χ4v) is 6.62. The lowest BCUT2D eigenvalue weighted by Crippen LogP contribution is -2.05. The summed E-state index contributed by atoms with van der Waals surface area (Å²) in [4.78, 5) is 0. The maximum Gasteiger partial charge on any atom is 0.161 e. The number of hydrogen-bond donors (Lipinski definition) is 2. The maximum absolute atomic E-state index is 9.43. The van der Waals surface area contributed by atoms with Crippen LogP contribution >= 0.6 is 0 Å². The summed E-state index contributed by atoms with van der Waals surface area (Å²) < 4.78 is 38.8. The molecule has 54 heavy (non-hydrogen) atoms. The van der Waals surface area contributed by atoms with Crippen molar-refractivity contribution in [2.24, 2.45) is 0 Å². The van der Waals surface area contributed by atoms with Gasteiger partial charge in [0.15, 0.2) is 34.5 Å². The zero-order chi connectivity index (χ0) is 38.4. The van der Waals surface area contributed by atoms with E-state index >= 15 is 0 Å². The number of aliphatic hydroxyl groups is 2. The van der Waals surface area contributed by atoms with E-state index in [1.54, 1.807) is 0 Å². The molecule has 0 spiro atoms. The second-order valence-electron chi connectivity index (χ2n) is 14.3. The van der Waals surface area contributed by atoms with E-state index in [9.17, 15) is 10.2 Å². The lowest BCUT2D eigenvalue weighted by atomic mass is 9.93. The Morgan fingerprint density at radius 1 is 0.296 bits per heavy atom. The molecule has 0 fully saturated rings. The Hall–Kier alpha value is -3.62. The van der Waals surface area contributed by atoms with Crippen molar-refractivity contribution >= 4 is 32.3 Å². The summed E-state index contributed by atoms with van der Waals surface area (Å²) in [6.45, 7) is 12.5. The number of benzene rings is 4. The molecule has 4 rings (SSSR count). The molecule has 0 aliphatic heterocycles. The minimum absolute atomic E-state index is 0.137. The van der Waals surface area contributed by atoms with Crippen molar-refractivity contribution in [3.8, 4) is 34.5 Å². The van der Waals surface area contributed by atoms with Crippen LogP contribution in [0.15, 0.2) is 36.4 Å². The number of ether oxygens (including phenoxy) is 6. The van der Waals surface area contributed by atoms with Gasteiger partial charge >= 0.3 is 0 Å². The summed E-state index contributed by atoms with van der Waals surface area (Å²) in [7, 11) is 0.